The molecular formula is C27H23NO3S. The number of rotatable bonds is 6. The normalized spacial score (nSPS) is 17.3. The molecule has 1 amide bonds. The lowest BCUT2D eigenvalue weighted by molar-refractivity contribution is -0.116. The quantitative estimate of drug-likeness (QED) is 0.412. The summed E-state index contributed by atoms with van der Waals surface area (Å²) >= 11 is 1.44. The molecule has 32 heavy (non-hydrogen) atoms. The molecule has 160 valence electrons. The second-order valence-corrected chi connectivity index (χ2v) is 8.36. The summed E-state index contributed by atoms with van der Waals surface area (Å²) in [6.45, 7) is 5.68. The van der Waals surface area contributed by atoms with Gasteiger partial charge in [0.1, 0.15) is 11.5 Å². The molecule has 1 aliphatic heterocycles. The van der Waals surface area contributed by atoms with Crippen LogP contribution in [0.4, 0.5) is 0 Å². The van der Waals surface area contributed by atoms with Gasteiger partial charge < -0.3 is 9.73 Å². The van der Waals surface area contributed by atoms with Crippen LogP contribution in [0, 0.1) is 0 Å². The van der Waals surface area contributed by atoms with E-state index in [1.807, 2.05) is 61.5 Å². The summed E-state index contributed by atoms with van der Waals surface area (Å²) in [6, 6.07) is 11.2. The summed E-state index contributed by atoms with van der Waals surface area (Å²) in [5.41, 5.74) is 2.71. The number of amides is 1. The second-order valence-electron chi connectivity index (χ2n) is 7.28. The molecule has 4 rings (SSSR count). The van der Waals surface area contributed by atoms with Crippen molar-refractivity contribution in [3.8, 4) is 0 Å². The van der Waals surface area contributed by atoms with Gasteiger partial charge >= 0.3 is 0 Å². The van der Waals surface area contributed by atoms with Gasteiger partial charge in [0.2, 0.25) is 5.78 Å². The Morgan fingerprint density at radius 3 is 2.75 bits per heavy atom. The Labute approximate surface area is 191 Å². The topological polar surface area (TPSA) is 59.3 Å². The number of Topliss-reactive ketones (excluding diaryl/α,β-unsaturated/α-hetero) is 1. The molecule has 0 radical (unpaired) electrons. The fraction of sp³-hybridized carbons (Fsp3) is 0.111. The summed E-state index contributed by atoms with van der Waals surface area (Å²) in [4.78, 5) is 26.9. The highest BCUT2D eigenvalue weighted by atomic mass is 32.2. The zero-order chi connectivity index (χ0) is 22.5. The number of allylic oxidation sites excluding steroid dienone is 7. The van der Waals surface area contributed by atoms with E-state index in [1.165, 1.54) is 11.8 Å². The first-order valence-electron chi connectivity index (χ1n) is 10.4. The molecule has 4 nitrogen and oxygen atoms in total. The van der Waals surface area contributed by atoms with Gasteiger partial charge in [0.25, 0.3) is 5.91 Å². The molecule has 5 heteroatoms. The minimum absolute atomic E-state index is 0.00183. The van der Waals surface area contributed by atoms with Gasteiger partial charge in [0.15, 0.2) is 0 Å². The van der Waals surface area contributed by atoms with Crippen LogP contribution in [0.2, 0.25) is 0 Å². The minimum atomic E-state index is -0.190. The molecule has 2 aliphatic rings. The second kappa shape index (κ2) is 9.71. The van der Waals surface area contributed by atoms with Crippen LogP contribution < -0.4 is 5.32 Å². The number of benzene rings is 1. The van der Waals surface area contributed by atoms with Crippen molar-refractivity contribution in [2.24, 2.45) is 0 Å². The first-order valence-corrected chi connectivity index (χ1v) is 11.2. The molecule has 0 spiro atoms. The monoisotopic (exact) mass is 441 g/mol. The Hall–Kier alpha value is -3.57. The lowest BCUT2D eigenvalue weighted by Crippen LogP contribution is -2.23. The Kier molecular flexibility index (Phi) is 6.57. The Morgan fingerprint density at radius 1 is 1.19 bits per heavy atom. The van der Waals surface area contributed by atoms with Crippen molar-refractivity contribution in [2.45, 2.75) is 24.7 Å². The van der Waals surface area contributed by atoms with Crippen molar-refractivity contribution in [3.05, 3.63) is 113 Å². The molecule has 0 atom stereocenters. The third-order valence-corrected chi connectivity index (χ3v) is 6.22. The number of thioether (sulfide) groups is 1. The number of hydrogen-bond acceptors (Lipinski definition) is 4. The Morgan fingerprint density at radius 2 is 2.03 bits per heavy atom. The number of nitrogens with one attached hydrogen (secondary N) is 1. The van der Waals surface area contributed by atoms with Gasteiger partial charge in [-0.25, -0.2) is 0 Å². The van der Waals surface area contributed by atoms with Gasteiger partial charge in [-0.15, -0.1) is 0 Å². The van der Waals surface area contributed by atoms with Crippen molar-refractivity contribution in [1.82, 2.24) is 5.32 Å². The minimum Gasteiger partial charge on any atom is -0.457 e. The highest BCUT2D eigenvalue weighted by Gasteiger charge is 2.25. The predicted octanol–water partition coefficient (Wildman–Crippen LogP) is 6.47. The molecule has 0 saturated carbocycles. The zero-order valence-corrected chi connectivity index (χ0v) is 18.6. The number of carbonyl (C=O) groups excluding carboxylic acids is 2. The average molecular weight is 442 g/mol. The van der Waals surface area contributed by atoms with E-state index in [4.69, 9.17) is 4.42 Å². The maximum atomic E-state index is 12.7. The van der Waals surface area contributed by atoms with Crippen LogP contribution in [-0.4, -0.2) is 11.7 Å². The van der Waals surface area contributed by atoms with Crippen LogP contribution >= 0.6 is 11.8 Å². The first-order chi connectivity index (χ1) is 15.6. The molecule has 0 unspecified atom stereocenters. The highest BCUT2D eigenvalue weighted by molar-refractivity contribution is 8.04. The van der Waals surface area contributed by atoms with Crippen LogP contribution in [0.3, 0.4) is 0 Å². The van der Waals surface area contributed by atoms with Crippen LogP contribution in [0.5, 0.6) is 0 Å². The van der Waals surface area contributed by atoms with Crippen molar-refractivity contribution in [3.63, 3.8) is 0 Å². The maximum Gasteiger partial charge on any atom is 0.255 e. The van der Waals surface area contributed by atoms with Crippen molar-refractivity contribution >= 4 is 35.1 Å². The lowest BCUT2D eigenvalue weighted by atomic mass is 10.1. The summed E-state index contributed by atoms with van der Waals surface area (Å²) < 4.78 is 5.96. The standard InChI is InChI=1S/C27H23NO3S/c1-3-18(16-19(4-2)27(30)28-20-10-6-5-7-11-20)23-15-14-21(31-23)17-25-26(29)22-12-8-9-13-24(22)32-25/h3-4,6,8-17H,1,5,7H2,2H3,(H,28,30)/b18-16+,19-4+,25-17-. The lowest BCUT2D eigenvalue weighted by Gasteiger charge is -2.10. The molecule has 2 heterocycles. The zero-order valence-electron chi connectivity index (χ0n) is 17.8. The number of fused-ring (bicyclic) bond motifs is 1. The van der Waals surface area contributed by atoms with Gasteiger partial charge in [-0.05, 0) is 62.3 Å². The van der Waals surface area contributed by atoms with Gasteiger partial charge in [-0.3, -0.25) is 9.59 Å². The largest absolute Gasteiger partial charge is 0.457 e. The highest BCUT2D eigenvalue weighted by Crippen LogP contribution is 2.40. The average Bonchev–Trinajstić information content (AvgIpc) is 3.40. The summed E-state index contributed by atoms with van der Waals surface area (Å²) in [6.07, 6.45) is 14.8. The Balaban J connectivity index is 1.53. The molecule has 1 aliphatic carbocycles. The number of hydrogen-bond donors (Lipinski definition) is 1. The van der Waals surface area contributed by atoms with Gasteiger partial charge in [-0.1, -0.05) is 54.8 Å². The van der Waals surface area contributed by atoms with Crippen molar-refractivity contribution in [1.29, 1.82) is 0 Å². The van der Waals surface area contributed by atoms with Crippen molar-refractivity contribution in [2.75, 3.05) is 0 Å². The number of ketones is 1. The third-order valence-electron chi connectivity index (χ3n) is 5.12. The molecule has 1 aromatic heterocycles. The first kappa shape index (κ1) is 21.7. The molecular weight excluding hydrogens is 418 g/mol. The van der Waals surface area contributed by atoms with Crippen LogP contribution in [0.15, 0.2) is 105 Å². The van der Waals surface area contributed by atoms with E-state index in [-0.39, 0.29) is 11.7 Å². The molecule has 0 bridgehead atoms. The fourth-order valence-electron chi connectivity index (χ4n) is 3.44. The van der Waals surface area contributed by atoms with E-state index in [9.17, 15) is 9.59 Å². The SMILES string of the molecule is C=C/C(=C\C(=C/C)C(=O)NC1=CCCC=C1)c1ccc(/C=C2\Sc3ccccc3C2=O)o1. The molecule has 1 N–H and O–H groups in total. The molecule has 2 aromatic rings. The molecule has 0 saturated heterocycles. The van der Waals surface area contributed by atoms with E-state index in [2.05, 4.69) is 11.9 Å². The summed E-state index contributed by atoms with van der Waals surface area (Å²) in [5.74, 6) is 0.954. The third kappa shape index (κ3) is 4.68. The maximum absolute atomic E-state index is 12.7. The van der Waals surface area contributed by atoms with Crippen LogP contribution in [-0.2, 0) is 4.79 Å². The van der Waals surface area contributed by atoms with E-state index in [1.54, 1.807) is 24.3 Å². The Bertz CT molecular complexity index is 1240. The van der Waals surface area contributed by atoms with E-state index >= 15 is 0 Å². The summed E-state index contributed by atoms with van der Waals surface area (Å²) in [7, 11) is 0. The van der Waals surface area contributed by atoms with Gasteiger partial charge in [0, 0.05) is 27.3 Å². The van der Waals surface area contributed by atoms with Gasteiger partial charge in [-0.2, -0.15) is 0 Å². The van der Waals surface area contributed by atoms with Gasteiger partial charge in [0.05, 0.1) is 4.91 Å². The number of furan rings is 1. The van der Waals surface area contributed by atoms with E-state index in [0.29, 0.717) is 33.1 Å². The number of carbonyl (C=O) groups is 2. The molecule has 0 fully saturated rings. The predicted molar refractivity (Wildman–Crippen MR) is 130 cm³/mol. The smallest absolute Gasteiger partial charge is 0.255 e. The van der Waals surface area contributed by atoms with Crippen LogP contribution in [0.25, 0.3) is 11.6 Å². The van der Waals surface area contributed by atoms with Crippen LogP contribution in [0.1, 0.15) is 41.6 Å². The van der Waals surface area contributed by atoms with E-state index in [0.717, 1.165) is 23.4 Å². The molecule has 1 aromatic carbocycles. The van der Waals surface area contributed by atoms with Crippen molar-refractivity contribution < 1.29 is 14.0 Å². The summed E-state index contributed by atoms with van der Waals surface area (Å²) in [5, 5.41) is 2.93. The van der Waals surface area contributed by atoms with E-state index < -0.39 is 0 Å². The fourth-order valence-corrected chi connectivity index (χ4v) is 4.47.